The van der Waals surface area contributed by atoms with E-state index in [1.165, 1.54) is 38.5 Å². The summed E-state index contributed by atoms with van der Waals surface area (Å²) in [6.07, 6.45) is 11.2. The van der Waals surface area contributed by atoms with Crippen molar-refractivity contribution in [3.8, 4) is 0 Å². The molecule has 144 valence electrons. The molecule has 2 saturated carbocycles. The number of nitrogens with zero attached hydrogens (tertiary/aromatic N) is 3. The maximum atomic E-state index is 12.7. The van der Waals surface area contributed by atoms with Crippen LogP contribution in [0.5, 0.6) is 0 Å². The molecule has 0 aromatic carbocycles. The number of anilines is 1. The summed E-state index contributed by atoms with van der Waals surface area (Å²) in [6, 6.07) is 2.55. The average Bonchev–Trinajstić information content (AvgIpc) is 3.22. The molecule has 6 nitrogen and oxygen atoms in total. The highest BCUT2D eigenvalue weighted by Gasteiger charge is 2.38. The van der Waals surface area contributed by atoms with Gasteiger partial charge in [0.2, 0.25) is 0 Å². The molecule has 5 rings (SSSR count). The zero-order chi connectivity index (χ0) is 18.6. The highest BCUT2D eigenvalue weighted by molar-refractivity contribution is 6.08. The first-order chi connectivity index (χ1) is 13.0. The zero-order valence-electron chi connectivity index (χ0n) is 16.3. The first-order valence-electron chi connectivity index (χ1n) is 10.3. The molecule has 6 heteroatoms. The monoisotopic (exact) mass is 367 g/mol. The summed E-state index contributed by atoms with van der Waals surface area (Å²) in [5, 5.41) is 4.84. The second-order valence-electron chi connectivity index (χ2n) is 8.99. The van der Waals surface area contributed by atoms with E-state index in [9.17, 15) is 4.79 Å². The van der Waals surface area contributed by atoms with Crippen LogP contribution in [0.1, 0.15) is 55.8 Å². The molecule has 0 spiro atoms. The molecule has 0 unspecified atom stereocenters. The van der Waals surface area contributed by atoms with Crippen LogP contribution in [0.4, 0.5) is 5.69 Å². The number of carbonyl (C=O) groups excluding carboxylic acids is 1. The van der Waals surface area contributed by atoms with Gasteiger partial charge in [-0.2, -0.15) is 0 Å². The minimum Gasteiger partial charge on any atom is -0.349 e. The largest absolute Gasteiger partial charge is 0.349 e. The molecule has 0 radical (unpaired) electrons. The topological polar surface area (TPSA) is 64.3 Å². The number of pyridine rings is 1. The Kier molecular flexibility index (Phi) is 3.93. The number of H-pyrrole nitrogens is 1. The number of nitrogens with one attached hydrogen (secondary N) is 2. The Balaban J connectivity index is 1.36. The molecule has 1 aliphatic heterocycles. The highest BCUT2D eigenvalue weighted by atomic mass is 16.2. The Morgan fingerprint density at radius 2 is 2.07 bits per heavy atom. The summed E-state index contributed by atoms with van der Waals surface area (Å²) >= 11 is 0. The second-order valence-corrected chi connectivity index (χ2v) is 8.99. The first kappa shape index (κ1) is 17.0. The fourth-order valence-corrected chi connectivity index (χ4v) is 4.74. The van der Waals surface area contributed by atoms with Gasteiger partial charge in [-0.25, -0.2) is 4.98 Å². The van der Waals surface area contributed by atoms with Crippen LogP contribution in [0.15, 0.2) is 18.5 Å². The normalized spacial score (nSPS) is 27.1. The number of hydrogen-bond acceptors (Lipinski definition) is 4. The van der Waals surface area contributed by atoms with Gasteiger partial charge in [-0.15, -0.1) is 0 Å². The van der Waals surface area contributed by atoms with Crippen LogP contribution in [0, 0.1) is 5.92 Å². The minimum absolute atomic E-state index is 0.0763. The van der Waals surface area contributed by atoms with Crippen LogP contribution in [0.2, 0.25) is 0 Å². The van der Waals surface area contributed by atoms with Crippen molar-refractivity contribution in [1.29, 1.82) is 0 Å². The summed E-state index contributed by atoms with van der Waals surface area (Å²) in [7, 11) is 1.89. The van der Waals surface area contributed by atoms with Gasteiger partial charge < -0.3 is 20.1 Å². The Hall–Kier alpha value is -2.08. The van der Waals surface area contributed by atoms with Crippen LogP contribution in [0.3, 0.4) is 0 Å². The van der Waals surface area contributed by atoms with Gasteiger partial charge in [-0.1, -0.05) is 0 Å². The van der Waals surface area contributed by atoms with Crippen molar-refractivity contribution < 1.29 is 4.79 Å². The Bertz CT molecular complexity index is 863. The van der Waals surface area contributed by atoms with Crippen LogP contribution < -0.4 is 10.2 Å². The van der Waals surface area contributed by atoms with Crippen molar-refractivity contribution in [2.45, 2.75) is 57.0 Å². The van der Waals surface area contributed by atoms with Gasteiger partial charge in [0.1, 0.15) is 5.65 Å². The predicted molar refractivity (Wildman–Crippen MR) is 107 cm³/mol. The van der Waals surface area contributed by atoms with Gasteiger partial charge in [0.15, 0.2) is 0 Å². The highest BCUT2D eigenvalue weighted by Crippen LogP contribution is 2.39. The lowest BCUT2D eigenvalue weighted by atomic mass is 9.84. The van der Waals surface area contributed by atoms with Gasteiger partial charge >= 0.3 is 0 Å². The fraction of sp³-hybridized carbons (Fsp3) is 0.619. The van der Waals surface area contributed by atoms with E-state index in [4.69, 9.17) is 0 Å². The van der Waals surface area contributed by atoms with Crippen molar-refractivity contribution in [2.75, 3.05) is 25.2 Å². The molecule has 0 saturated heterocycles. The third-order valence-electron chi connectivity index (χ3n) is 6.86. The van der Waals surface area contributed by atoms with E-state index >= 15 is 0 Å². The van der Waals surface area contributed by atoms with E-state index in [1.54, 1.807) is 6.20 Å². The molecule has 0 bridgehead atoms. The second kappa shape index (κ2) is 6.23. The van der Waals surface area contributed by atoms with E-state index in [-0.39, 0.29) is 5.91 Å². The molecule has 0 atom stereocenters. The molecule has 27 heavy (non-hydrogen) atoms. The smallest absolute Gasteiger partial charge is 0.258 e. The van der Waals surface area contributed by atoms with E-state index in [0.29, 0.717) is 18.2 Å². The molecule has 2 aromatic heterocycles. The predicted octanol–water partition coefficient (Wildman–Crippen LogP) is 3.11. The van der Waals surface area contributed by atoms with Crippen molar-refractivity contribution in [3.63, 3.8) is 0 Å². The summed E-state index contributed by atoms with van der Waals surface area (Å²) in [5.41, 5.74) is 3.11. The van der Waals surface area contributed by atoms with Crippen LogP contribution in [-0.2, 0) is 0 Å². The molecule has 1 amide bonds. The quantitative estimate of drug-likeness (QED) is 0.872. The molecule has 3 aliphatic rings. The number of aromatic nitrogens is 2. The third kappa shape index (κ3) is 3.00. The molecule has 2 aromatic rings. The maximum absolute atomic E-state index is 12.7. The molecule has 3 heterocycles. The molecule has 2 N–H and O–H groups in total. The average molecular weight is 367 g/mol. The molecular weight excluding hydrogens is 338 g/mol. The van der Waals surface area contributed by atoms with Gasteiger partial charge in [0, 0.05) is 36.4 Å². The third-order valence-corrected chi connectivity index (χ3v) is 6.86. The van der Waals surface area contributed by atoms with Gasteiger partial charge in [0.25, 0.3) is 5.91 Å². The minimum atomic E-state index is 0.0763. The summed E-state index contributed by atoms with van der Waals surface area (Å²) < 4.78 is 0. The summed E-state index contributed by atoms with van der Waals surface area (Å²) in [5.74, 6) is 0.861. The van der Waals surface area contributed by atoms with Gasteiger partial charge in [0.05, 0.1) is 17.9 Å². The van der Waals surface area contributed by atoms with E-state index in [2.05, 4.69) is 33.2 Å². The van der Waals surface area contributed by atoms with Crippen LogP contribution >= 0.6 is 0 Å². The van der Waals surface area contributed by atoms with Crippen molar-refractivity contribution >= 4 is 22.6 Å². The SMILES string of the molecule is CN1CN(C2CCC(CNC3(C)CC3)CC2)c2c(cnc3[nH]ccc23)C1=O. The number of fused-ring (bicyclic) bond motifs is 3. The lowest BCUT2D eigenvalue weighted by molar-refractivity contribution is 0.0774. The summed E-state index contributed by atoms with van der Waals surface area (Å²) in [4.78, 5) is 24.6. The van der Waals surface area contributed by atoms with Crippen LogP contribution in [0.25, 0.3) is 11.0 Å². The number of aromatic amines is 1. The Morgan fingerprint density at radius 3 is 2.81 bits per heavy atom. The van der Waals surface area contributed by atoms with Crippen molar-refractivity contribution in [2.24, 2.45) is 5.92 Å². The number of amides is 1. The number of carbonyl (C=O) groups is 1. The zero-order valence-corrected chi connectivity index (χ0v) is 16.3. The first-order valence-corrected chi connectivity index (χ1v) is 10.3. The molecule has 2 aliphatic carbocycles. The van der Waals surface area contributed by atoms with E-state index in [0.717, 1.165) is 34.7 Å². The van der Waals surface area contributed by atoms with Crippen molar-refractivity contribution in [1.82, 2.24) is 20.2 Å². The molecular formula is C21H29N5O. The van der Waals surface area contributed by atoms with Crippen molar-refractivity contribution in [3.05, 3.63) is 24.0 Å². The maximum Gasteiger partial charge on any atom is 0.258 e. The van der Waals surface area contributed by atoms with Gasteiger partial charge in [-0.05, 0) is 64.0 Å². The van der Waals surface area contributed by atoms with Crippen LogP contribution in [-0.4, -0.2) is 52.6 Å². The Morgan fingerprint density at radius 1 is 1.30 bits per heavy atom. The Labute approximate surface area is 160 Å². The fourth-order valence-electron chi connectivity index (χ4n) is 4.74. The van der Waals surface area contributed by atoms with Gasteiger partial charge in [-0.3, -0.25) is 4.79 Å². The molecule has 2 fully saturated rings. The lowest BCUT2D eigenvalue weighted by Crippen LogP contribution is -2.50. The lowest BCUT2D eigenvalue weighted by Gasteiger charge is -2.44. The van der Waals surface area contributed by atoms with E-state index < -0.39 is 0 Å². The number of hydrogen-bond donors (Lipinski definition) is 2. The number of rotatable bonds is 4. The summed E-state index contributed by atoms with van der Waals surface area (Å²) in [6.45, 7) is 4.16. The van der Waals surface area contributed by atoms with E-state index in [1.807, 2.05) is 18.1 Å². The standard InChI is InChI=1S/C21H29N5O/c1-21(8-9-21)24-11-14-3-5-15(6-4-14)26-13-25(2)20(27)17-12-23-19-16(18(17)26)7-10-22-19/h7,10,12,14-15,24H,3-6,8-9,11,13H2,1-2H3,(H,22,23).